The van der Waals surface area contributed by atoms with Crippen LogP contribution in [0.2, 0.25) is 0 Å². The number of aromatic nitrogens is 1. The summed E-state index contributed by atoms with van der Waals surface area (Å²) in [5.41, 5.74) is 1.11. The molecule has 1 amide bonds. The van der Waals surface area contributed by atoms with Crippen LogP contribution < -0.4 is 5.32 Å². The summed E-state index contributed by atoms with van der Waals surface area (Å²) in [5.74, 6) is 0.179. The fraction of sp³-hybridized carbons (Fsp3) is 0.571. The van der Waals surface area contributed by atoms with Crippen LogP contribution in [0.4, 0.5) is 0 Å². The standard InChI is InChI=1S/C14H22N4O/c1-12(18-9-7-16-8-10-18)14(19)17(2)11-13-3-5-15-6-4-13/h3-6,12,16H,7-11H2,1-2H3. The summed E-state index contributed by atoms with van der Waals surface area (Å²) in [4.78, 5) is 20.4. The van der Waals surface area contributed by atoms with Crippen molar-refractivity contribution >= 4 is 5.91 Å². The molecule has 1 atom stereocenters. The maximum absolute atomic E-state index is 12.4. The third-order valence-corrected chi connectivity index (χ3v) is 3.60. The Bertz CT molecular complexity index is 403. The van der Waals surface area contributed by atoms with Gasteiger partial charge in [-0.2, -0.15) is 0 Å². The zero-order chi connectivity index (χ0) is 13.7. The maximum Gasteiger partial charge on any atom is 0.239 e. The van der Waals surface area contributed by atoms with Gasteiger partial charge < -0.3 is 10.2 Å². The third kappa shape index (κ3) is 3.75. The Morgan fingerprint density at radius 2 is 2.05 bits per heavy atom. The van der Waals surface area contributed by atoms with Gasteiger partial charge in [0, 0.05) is 52.2 Å². The van der Waals surface area contributed by atoms with Gasteiger partial charge in [-0.15, -0.1) is 0 Å². The topological polar surface area (TPSA) is 48.5 Å². The van der Waals surface area contributed by atoms with Gasteiger partial charge in [-0.1, -0.05) is 0 Å². The lowest BCUT2D eigenvalue weighted by Crippen LogP contribution is -2.52. The molecule has 0 saturated carbocycles. The smallest absolute Gasteiger partial charge is 0.239 e. The van der Waals surface area contributed by atoms with Gasteiger partial charge in [0.05, 0.1) is 6.04 Å². The van der Waals surface area contributed by atoms with Crippen molar-refractivity contribution in [2.75, 3.05) is 33.2 Å². The Labute approximate surface area is 114 Å². The largest absolute Gasteiger partial charge is 0.340 e. The van der Waals surface area contributed by atoms with Gasteiger partial charge >= 0.3 is 0 Å². The number of nitrogens with zero attached hydrogens (tertiary/aromatic N) is 3. The molecule has 2 heterocycles. The first-order valence-corrected chi connectivity index (χ1v) is 6.77. The van der Waals surface area contributed by atoms with Crippen LogP contribution in [0, 0.1) is 0 Å². The average molecular weight is 262 g/mol. The molecule has 1 aromatic heterocycles. The molecule has 19 heavy (non-hydrogen) atoms. The molecule has 0 aliphatic carbocycles. The predicted molar refractivity (Wildman–Crippen MR) is 74.6 cm³/mol. The predicted octanol–water partition coefficient (Wildman–Crippen LogP) is 0.334. The third-order valence-electron chi connectivity index (χ3n) is 3.60. The lowest BCUT2D eigenvalue weighted by atomic mass is 10.2. The molecule has 2 rings (SSSR count). The van der Waals surface area contributed by atoms with Crippen LogP contribution >= 0.6 is 0 Å². The number of hydrogen-bond donors (Lipinski definition) is 1. The summed E-state index contributed by atoms with van der Waals surface area (Å²) < 4.78 is 0. The Kier molecular flexibility index (Phi) is 4.87. The number of rotatable bonds is 4. The minimum absolute atomic E-state index is 0.0473. The second kappa shape index (κ2) is 6.63. The van der Waals surface area contributed by atoms with Crippen LogP contribution in [-0.4, -0.2) is 60.0 Å². The van der Waals surface area contributed by atoms with E-state index in [1.54, 1.807) is 17.3 Å². The normalized spacial score (nSPS) is 18.0. The van der Waals surface area contributed by atoms with Gasteiger partial charge in [-0.05, 0) is 24.6 Å². The van der Waals surface area contributed by atoms with Gasteiger partial charge in [0.1, 0.15) is 0 Å². The molecule has 5 nitrogen and oxygen atoms in total. The number of carbonyl (C=O) groups excluding carboxylic acids is 1. The molecule has 1 saturated heterocycles. The van der Waals surface area contributed by atoms with E-state index in [4.69, 9.17) is 0 Å². The van der Waals surface area contributed by atoms with Crippen LogP contribution in [0.1, 0.15) is 12.5 Å². The number of piperazine rings is 1. The monoisotopic (exact) mass is 262 g/mol. The molecule has 1 aliphatic heterocycles. The van der Waals surface area contributed by atoms with Gasteiger partial charge in [0.25, 0.3) is 0 Å². The van der Waals surface area contributed by atoms with E-state index in [0.717, 1.165) is 31.7 Å². The lowest BCUT2D eigenvalue weighted by Gasteiger charge is -2.34. The SMILES string of the molecule is CC(C(=O)N(C)Cc1ccncc1)N1CCNCC1. The van der Waals surface area contributed by atoms with Gasteiger partial charge in [0.2, 0.25) is 5.91 Å². The van der Waals surface area contributed by atoms with Crippen molar-refractivity contribution in [1.82, 2.24) is 20.1 Å². The average Bonchev–Trinajstić information content (AvgIpc) is 2.47. The van der Waals surface area contributed by atoms with Crippen molar-refractivity contribution in [1.29, 1.82) is 0 Å². The molecule has 104 valence electrons. The Morgan fingerprint density at radius 3 is 2.68 bits per heavy atom. The highest BCUT2D eigenvalue weighted by atomic mass is 16.2. The molecular formula is C14H22N4O. The van der Waals surface area contributed by atoms with E-state index in [-0.39, 0.29) is 11.9 Å². The summed E-state index contributed by atoms with van der Waals surface area (Å²) in [5, 5.41) is 3.30. The Hall–Kier alpha value is -1.46. The van der Waals surface area contributed by atoms with Crippen molar-refractivity contribution in [2.45, 2.75) is 19.5 Å². The summed E-state index contributed by atoms with van der Waals surface area (Å²) >= 11 is 0. The van der Waals surface area contributed by atoms with Crippen LogP contribution in [-0.2, 0) is 11.3 Å². The first-order chi connectivity index (χ1) is 9.18. The summed E-state index contributed by atoms with van der Waals surface area (Å²) in [6.45, 7) is 6.44. The fourth-order valence-corrected chi connectivity index (χ4v) is 2.38. The van der Waals surface area contributed by atoms with Gasteiger partial charge in [0.15, 0.2) is 0 Å². The van der Waals surface area contributed by atoms with Crippen LogP contribution in [0.5, 0.6) is 0 Å². The van der Waals surface area contributed by atoms with E-state index in [2.05, 4.69) is 15.2 Å². The first-order valence-electron chi connectivity index (χ1n) is 6.77. The number of amides is 1. The van der Waals surface area contributed by atoms with Crippen molar-refractivity contribution in [3.8, 4) is 0 Å². The summed E-state index contributed by atoms with van der Waals surface area (Å²) in [6.07, 6.45) is 3.51. The highest BCUT2D eigenvalue weighted by molar-refractivity contribution is 5.81. The number of pyridine rings is 1. The minimum Gasteiger partial charge on any atom is -0.340 e. The molecule has 5 heteroatoms. The Morgan fingerprint density at radius 1 is 1.42 bits per heavy atom. The molecule has 1 N–H and O–H groups in total. The van der Waals surface area contributed by atoms with Crippen LogP contribution in [0.3, 0.4) is 0 Å². The van der Waals surface area contributed by atoms with Gasteiger partial charge in [-0.25, -0.2) is 0 Å². The van der Waals surface area contributed by atoms with E-state index in [1.807, 2.05) is 26.1 Å². The fourth-order valence-electron chi connectivity index (χ4n) is 2.38. The highest BCUT2D eigenvalue weighted by Crippen LogP contribution is 2.08. The molecule has 0 bridgehead atoms. The molecule has 1 aromatic rings. The Balaban J connectivity index is 1.90. The second-order valence-electron chi connectivity index (χ2n) is 5.01. The van der Waals surface area contributed by atoms with Crippen LogP contribution in [0.25, 0.3) is 0 Å². The summed E-state index contributed by atoms with van der Waals surface area (Å²) in [6, 6.07) is 3.84. The molecular weight excluding hydrogens is 240 g/mol. The highest BCUT2D eigenvalue weighted by Gasteiger charge is 2.25. The van der Waals surface area contributed by atoms with E-state index >= 15 is 0 Å². The van der Waals surface area contributed by atoms with E-state index in [0.29, 0.717) is 6.54 Å². The van der Waals surface area contributed by atoms with Crippen molar-refractivity contribution in [2.24, 2.45) is 0 Å². The molecule has 1 aliphatic rings. The molecule has 0 radical (unpaired) electrons. The molecule has 1 unspecified atom stereocenters. The summed E-state index contributed by atoms with van der Waals surface area (Å²) in [7, 11) is 1.86. The second-order valence-corrected chi connectivity index (χ2v) is 5.01. The molecule has 1 fully saturated rings. The zero-order valence-electron chi connectivity index (χ0n) is 11.7. The molecule has 0 aromatic carbocycles. The van der Waals surface area contributed by atoms with Crippen molar-refractivity contribution in [3.05, 3.63) is 30.1 Å². The maximum atomic E-state index is 12.4. The number of likely N-dealkylation sites (N-methyl/N-ethyl adjacent to an activating group) is 1. The molecule has 0 spiro atoms. The zero-order valence-corrected chi connectivity index (χ0v) is 11.7. The number of nitrogens with one attached hydrogen (secondary N) is 1. The minimum atomic E-state index is -0.0473. The van der Waals surface area contributed by atoms with Crippen molar-refractivity contribution in [3.63, 3.8) is 0 Å². The van der Waals surface area contributed by atoms with Gasteiger partial charge in [-0.3, -0.25) is 14.7 Å². The van der Waals surface area contributed by atoms with E-state index in [1.165, 1.54) is 0 Å². The first kappa shape index (κ1) is 14.0. The number of hydrogen-bond acceptors (Lipinski definition) is 4. The lowest BCUT2D eigenvalue weighted by molar-refractivity contribution is -0.135. The number of carbonyl (C=O) groups is 1. The van der Waals surface area contributed by atoms with Crippen LogP contribution in [0.15, 0.2) is 24.5 Å². The van der Waals surface area contributed by atoms with E-state index < -0.39 is 0 Å². The van der Waals surface area contributed by atoms with Crippen molar-refractivity contribution < 1.29 is 4.79 Å². The van der Waals surface area contributed by atoms with E-state index in [9.17, 15) is 4.79 Å². The quantitative estimate of drug-likeness (QED) is 0.850.